The number of alkyl halides is 3. The molecule has 0 radical (unpaired) electrons. The average Bonchev–Trinajstić information content (AvgIpc) is 2.39. The Morgan fingerprint density at radius 1 is 1.52 bits per heavy atom. The third-order valence-electron chi connectivity index (χ3n) is 2.24. The van der Waals surface area contributed by atoms with Gasteiger partial charge in [0.15, 0.2) is 5.84 Å². The highest BCUT2D eigenvalue weighted by Gasteiger charge is 2.35. The molecule has 1 aromatic carbocycles. The third kappa shape index (κ3) is 4.00. The number of halogens is 4. The van der Waals surface area contributed by atoms with Gasteiger partial charge in [0.05, 0.1) is 23.4 Å². The third-order valence-corrected chi connectivity index (χ3v) is 2.64. The predicted octanol–water partition coefficient (Wildman–Crippen LogP) is 2.59. The van der Waals surface area contributed by atoms with Crippen molar-refractivity contribution in [2.75, 3.05) is 12.5 Å². The zero-order chi connectivity index (χ0) is 16.2. The number of hydrogen-bond acceptors (Lipinski definition) is 5. The fourth-order valence-corrected chi connectivity index (χ4v) is 1.52. The normalized spacial score (nSPS) is 11.7. The smallest absolute Gasteiger partial charge is 0.418 e. The summed E-state index contributed by atoms with van der Waals surface area (Å²) in [5.41, 5.74) is 5.36. The topological polar surface area (TPSA) is 107 Å². The van der Waals surface area contributed by atoms with Crippen molar-refractivity contribution in [3.8, 4) is 11.8 Å². The minimum Gasteiger partial charge on any atom is -0.497 e. The van der Waals surface area contributed by atoms with Crippen LogP contribution in [0.3, 0.4) is 0 Å². The first-order valence-electron chi connectivity index (χ1n) is 5.23. The Morgan fingerprint density at radius 2 is 2.14 bits per heavy atom. The maximum absolute atomic E-state index is 12.8. The van der Waals surface area contributed by atoms with Crippen LogP contribution in [0.5, 0.6) is 5.75 Å². The summed E-state index contributed by atoms with van der Waals surface area (Å²) in [6.45, 7) is 0. The van der Waals surface area contributed by atoms with Crippen molar-refractivity contribution in [3.05, 3.63) is 22.7 Å². The van der Waals surface area contributed by atoms with E-state index < -0.39 is 28.3 Å². The van der Waals surface area contributed by atoms with Crippen LogP contribution in [0.15, 0.2) is 17.2 Å². The van der Waals surface area contributed by atoms with Crippen molar-refractivity contribution in [3.63, 3.8) is 0 Å². The monoisotopic (exact) mass is 319 g/mol. The van der Waals surface area contributed by atoms with Gasteiger partial charge in [0.25, 0.3) is 0 Å². The van der Waals surface area contributed by atoms with Crippen molar-refractivity contribution in [1.82, 2.24) is 0 Å². The molecule has 0 atom stereocenters. The Morgan fingerprint density at radius 3 is 2.57 bits per heavy atom. The molecule has 0 bridgehead atoms. The lowest BCUT2D eigenvalue weighted by molar-refractivity contribution is -0.137. The van der Waals surface area contributed by atoms with Crippen LogP contribution >= 0.6 is 11.6 Å². The van der Waals surface area contributed by atoms with Crippen LogP contribution in [0.2, 0.25) is 5.02 Å². The van der Waals surface area contributed by atoms with Crippen LogP contribution in [0.4, 0.5) is 18.9 Å². The second kappa shape index (κ2) is 6.32. The molecule has 0 aliphatic carbocycles. The zero-order valence-electron chi connectivity index (χ0n) is 10.5. The molecule has 0 heterocycles. The Kier molecular flexibility index (Phi) is 4.99. The van der Waals surface area contributed by atoms with E-state index >= 15 is 0 Å². The molecule has 0 saturated heterocycles. The van der Waals surface area contributed by atoms with Gasteiger partial charge in [-0.3, -0.25) is 10.8 Å². The molecule has 6 nitrogen and oxygen atoms in total. The Balaban J connectivity index is 3.31. The molecule has 10 heteroatoms. The number of amidine groups is 1. The molecular formula is C11H9ClF3N5O. The molecule has 1 aromatic rings. The first-order valence-corrected chi connectivity index (χ1v) is 5.61. The van der Waals surface area contributed by atoms with E-state index in [-0.39, 0.29) is 11.4 Å². The molecule has 112 valence electrons. The van der Waals surface area contributed by atoms with Crippen LogP contribution in [0.25, 0.3) is 0 Å². The standard InChI is InChI=1S/C11H9ClF3N5O/c1-21-5-2-6(11(13,14)15)9(12)7(3-5)19-20-8(4-16)10(17)18/h2-3,19H,1H3,(H3,17,18)/b20-8+. The van der Waals surface area contributed by atoms with E-state index in [0.717, 1.165) is 12.1 Å². The minimum atomic E-state index is -4.69. The summed E-state index contributed by atoms with van der Waals surface area (Å²) in [5.74, 6) is -0.745. The van der Waals surface area contributed by atoms with E-state index in [2.05, 4.69) is 10.5 Å². The molecule has 0 aromatic heterocycles. The number of nitrogens with one attached hydrogen (secondary N) is 2. The summed E-state index contributed by atoms with van der Waals surface area (Å²) in [4.78, 5) is 0. The van der Waals surface area contributed by atoms with Crippen molar-refractivity contribution in [2.24, 2.45) is 10.8 Å². The maximum atomic E-state index is 12.8. The summed E-state index contributed by atoms with van der Waals surface area (Å²) < 4.78 is 43.2. The number of nitrogens with zero attached hydrogens (tertiary/aromatic N) is 2. The summed E-state index contributed by atoms with van der Waals surface area (Å²) in [6, 6.07) is 3.40. The van der Waals surface area contributed by atoms with Crippen molar-refractivity contribution in [2.45, 2.75) is 6.18 Å². The van der Waals surface area contributed by atoms with Gasteiger partial charge in [-0.1, -0.05) is 11.6 Å². The van der Waals surface area contributed by atoms with Gasteiger partial charge in [-0.15, -0.1) is 0 Å². The van der Waals surface area contributed by atoms with Crippen LogP contribution in [-0.2, 0) is 6.18 Å². The Hall–Kier alpha value is -2.47. The second-order valence-corrected chi connectivity index (χ2v) is 4.01. The van der Waals surface area contributed by atoms with Crippen LogP contribution in [0.1, 0.15) is 5.56 Å². The number of hydrogen-bond donors (Lipinski definition) is 3. The first kappa shape index (κ1) is 16.6. The van der Waals surface area contributed by atoms with E-state index in [4.69, 9.17) is 32.7 Å². The highest BCUT2D eigenvalue weighted by Crippen LogP contribution is 2.41. The summed E-state index contributed by atoms with van der Waals surface area (Å²) >= 11 is 5.65. The number of rotatable bonds is 4. The molecule has 0 fully saturated rings. The molecule has 0 amide bonds. The zero-order valence-corrected chi connectivity index (χ0v) is 11.3. The van der Waals surface area contributed by atoms with Gasteiger partial charge in [0.2, 0.25) is 5.71 Å². The molecule has 21 heavy (non-hydrogen) atoms. The summed E-state index contributed by atoms with van der Waals surface area (Å²) in [7, 11) is 1.19. The Bertz CT molecular complexity index is 636. The summed E-state index contributed by atoms with van der Waals surface area (Å²) in [5, 5.41) is 18.5. The number of hydrazone groups is 1. The number of ether oxygens (including phenoxy) is 1. The molecule has 0 spiro atoms. The van der Waals surface area contributed by atoms with E-state index in [1.165, 1.54) is 13.2 Å². The number of methoxy groups -OCH3 is 1. The Labute approximate surface area is 122 Å². The van der Waals surface area contributed by atoms with Gasteiger partial charge in [0, 0.05) is 6.07 Å². The van der Waals surface area contributed by atoms with Crippen LogP contribution < -0.4 is 15.9 Å². The van der Waals surface area contributed by atoms with E-state index in [9.17, 15) is 13.2 Å². The fourth-order valence-electron chi connectivity index (χ4n) is 1.27. The number of anilines is 1. The van der Waals surface area contributed by atoms with Crippen LogP contribution in [0, 0.1) is 16.7 Å². The lowest BCUT2D eigenvalue weighted by atomic mass is 10.2. The number of nitriles is 1. The highest BCUT2D eigenvalue weighted by molar-refractivity contribution is 6.46. The maximum Gasteiger partial charge on any atom is 0.418 e. The number of benzene rings is 1. The van der Waals surface area contributed by atoms with Gasteiger partial charge >= 0.3 is 6.18 Å². The highest BCUT2D eigenvalue weighted by atomic mass is 35.5. The largest absolute Gasteiger partial charge is 0.497 e. The molecule has 0 saturated carbocycles. The van der Waals surface area contributed by atoms with Crippen molar-refractivity contribution in [1.29, 1.82) is 10.7 Å². The molecule has 0 unspecified atom stereocenters. The van der Waals surface area contributed by atoms with Gasteiger partial charge < -0.3 is 10.5 Å². The van der Waals surface area contributed by atoms with Gasteiger partial charge in [-0.2, -0.15) is 23.5 Å². The van der Waals surface area contributed by atoms with E-state index in [0.29, 0.717) is 0 Å². The second-order valence-electron chi connectivity index (χ2n) is 3.63. The molecule has 0 aliphatic rings. The molecule has 0 aliphatic heterocycles. The lowest BCUT2D eigenvalue weighted by Gasteiger charge is -2.14. The van der Waals surface area contributed by atoms with E-state index in [1.807, 2.05) is 0 Å². The quantitative estimate of drug-likeness (QED) is 0.450. The van der Waals surface area contributed by atoms with Gasteiger partial charge in [-0.25, -0.2) is 0 Å². The number of nitrogens with two attached hydrogens (primary N) is 1. The SMILES string of the molecule is COc1cc(N/N=C(\C#N)C(=N)N)c(Cl)c(C(F)(F)F)c1. The van der Waals surface area contributed by atoms with E-state index in [1.54, 1.807) is 0 Å². The van der Waals surface area contributed by atoms with Crippen molar-refractivity contribution < 1.29 is 17.9 Å². The molecule has 1 rings (SSSR count). The average molecular weight is 320 g/mol. The fraction of sp³-hybridized carbons (Fsp3) is 0.182. The first-order chi connectivity index (χ1) is 9.70. The lowest BCUT2D eigenvalue weighted by Crippen LogP contribution is -2.22. The predicted molar refractivity (Wildman–Crippen MR) is 71.6 cm³/mol. The molecule has 4 N–H and O–H groups in total. The molecular weight excluding hydrogens is 311 g/mol. The van der Waals surface area contributed by atoms with Gasteiger partial charge in [0.1, 0.15) is 11.8 Å². The minimum absolute atomic E-state index is 0.106. The van der Waals surface area contributed by atoms with Crippen molar-refractivity contribution >= 4 is 28.8 Å². The van der Waals surface area contributed by atoms with Crippen LogP contribution in [-0.4, -0.2) is 18.7 Å². The summed E-state index contributed by atoms with van der Waals surface area (Å²) in [6.07, 6.45) is -4.69. The van der Waals surface area contributed by atoms with Gasteiger partial charge in [-0.05, 0) is 6.07 Å².